The summed E-state index contributed by atoms with van der Waals surface area (Å²) in [6.45, 7) is 3.82. The molecule has 2 heterocycles. The van der Waals surface area contributed by atoms with E-state index in [1.54, 1.807) is 0 Å². The second kappa shape index (κ2) is 6.21. The number of rotatable bonds is 2. The highest BCUT2D eigenvalue weighted by atomic mass is 19.4. The third-order valence-electron chi connectivity index (χ3n) is 3.79. The molecule has 1 N–H and O–H groups in total. The second-order valence-electron chi connectivity index (χ2n) is 5.26. The molecule has 1 unspecified atom stereocenters. The van der Waals surface area contributed by atoms with Crippen LogP contribution in [0.15, 0.2) is 0 Å². The number of hydrogen-bond acceptors (Lipinski definition) is 3. The monoisotopic (exact) mass is 266 g/mol. The molecule has 2 aliphatic heterocycles. The topological polar surface area (TPSA) is 24.5 Å². The fraction of sp³-hybridized carbons (Fsp3) is 1.00. The predicted octanol–water partition coefficient (Wildman–Crippen LogP) is 1.50. The molecule has 1 atom stereocenters. The molecule has 6 heteroatoms. The quantitative estimate of drug-likeness (QED) is 0.819. The van der Waals surface area contributed by atoms with Gasteiger partial charge in [0, 0.05) is 45.9 Å². The summed E-state index contributed by atoms with van der Waals surface area (Å²) in [4.78, 5) is 1.97. The van der Waals surface area contributed by atoms with E-state index >= 15 is 0 Å². The van der Waals surface area contributed by atoms with Crippen molar-refractivity contribution in [1.29, 1.82) is 0 Å². The number of nitrogens with zero attached hydrogens (tertiary/aromatic N) is 1. The minimum Gasteiger partial charge on any atom is -0.381 e. The van der Waals surface area contributed by atoms with E-state index in [1.807, 2.05) is 4.90 Å². The first kappa shape index (κ1) is 14.1. The molecule has 18 heavy (non-hydrogen) atoms. The standard InChI is InChI=1S/C12H21F3N2O/c13-12(14,15)11-7-16-3-4-17(9-11)8-10-1-5-18-6-2-10/h10-11,16H,1-9H2. The Labute approximate surface area is 106 Å². The molecular formula is C12H21F3N2O. The Morgan fingerprint density at radius 1 is 1.22 bits per heavy atom. The van der Waals surface area contributed by atoms with Crippen molar-refractivity contribution in [3.8, 4) is 0 Å². The van der Waals surface area contributed by atoms with E-state index in [0.29, 0.717) is 19.0 Å². The van der Waals surface area contributed by atoms with Crippen molar-refractivity contribution in [3.05, 3.63) is 0 Å². The molecule has 0 saturated carbocycles. The Morgan fingerprint density at radius 2 is 1.94 bits per heavy atom. The van der Waals surface area contributed by atoms with Crippen molar-refractivity contribution < 1.29 is 17.9 Å². The van der Waals surface area contributed by atoms with Crippen LogP contribution in [0.1, 0.15) is 12.8 Å². The van der Waals surface area contributed by atoms with E-state index in [-0.39, 0.29) is 13.1 Å². The van der Waals surface area contributed by atoms with E-state index in [4.69, 9.17) is 4.74 Å². The van der Waals surface area contributed by atoms with Gasteiger partial charge in [0.15, 0.2) is 0 Å². The van der Waals surface area contributed by atoms with Crippen LogP contribution in [0.3, 0.4) is 0 Å². The van der Waals surface area contributed by atoms with Crippen molar-refractivity contribution in [3.63, 3.8) is 0 Å². The van der Waals surface area contributed by atoms with Gasteiger partial charge >= 0.3 is 6.18 Å². The highest BCUT2D eigenvalue weighted by Crippen LogP contribution is 2.28. The van der Waals surface area contributed by atoms with Gasteiger partial charge in [0.25, 0.3) is 0 Å². The van der Waals surface area contributed by atoms with Gasteiger partial charge in [-0.15, -0.1) is 0 Å². The lowest BCUT2D eigenvalue weighted by molar-refractivity contribution is -0.176. The molecule has 0 aliphatic carbocycles. The molecule has 0 bridgehead atoms. The average molecular weight is 266 g/mol. The maximum absolute atomic E-state index is 12.8. The molecule has 2 aliphatic rings. The number of hydrogen-bond donors (Lipinski definition) is 1. The Kier molecular flexibility index (Phi) is 4.86. The van der Waals surface area contributed by atoms with Crippen molar-refractivity contribution in [1.82, 2.24) is 10.2 Å². The van der Waals surface area contributed by atoms with Gasteiger partial charge in [-0.25, -0.2) is 0 Å². The molecule has 0 aromatic rings. The number of ether oxygens (including phenoxy) is 1. The van der Waals surface area contributed by atoms with Crippen LogP contribution in [0.25, 0.3) is 0 Å². The van der Waals surface area contributed by atoms with Crippen molar-refractivity contribution in [2.75, 3.05) is 45.9 Å². The molecular weight excluding hydrogens is 245 g/mol. The van der Waals surface area contributed by atoms with Crippen LogP contribution < -0.4 is 5.32 Å². The Morgan fingerprint density at radius 3 is 2.61 bits per heavy atom. The van der Waals surface area contributed by atoms with E-state index < -0.39 is 12.1 Å². The summed E-state index contributed by atoms with van der Waals surface area (Å²) < 4.78 is 43.6. The summed E-state index contributed by atoms with van der Waals surface area (Å²) in [6, 6.07) is 0. The molecule has 0 radical (unpaired) electrons. The smallest absolute Gasteiger partial charge is 0.381 e. The third-order valence-corrected chi connectivity index (χ3v) is 3.79. The molecule has 0 amide bonds. The van der Waals surface area contributed by atoms with Gasteiger partial charge in [0.2, 0.25) is 0 Å². The lowest BCUT2D eigenvalue weighted by Crippen LogP contribution is -2.40. The SMILES string of the molecule is FC(F)(F)C1CNCCN(CC2CCOCC2)C1. The van der Waals surface area contributed by atoms with Gasteiger partial charge < -0.3 is 15.0 Å². The van der Waals surface area contributed by atoms with Crippen molar-refractivity contribution >= 4 is 0 Å². The predicted molar refractivity (Wildman–Crippen MR) is 62.4 cm³/mol. The summed E-state index contributed by atoms with van der Waals surface area (Å²) in [6.07, 6.45) is -2.15. The Hall–Kier alpha value is -0.330. The molecule has 2 fully saturated rings. The van der Waals surface area contributed by atoms with Crippen LogP contribution in [0.4, 0.5) is 13.2 Å². The second-order valence-corrected chi connectivity index (χ2v) is 5.26. The van der Waals surface area contributed by atoms with E-state index in [1.165, 1.54) is 0 Å². The van der Waals surface area contributed by atoms with E-state index in [0.717, 1.165) is 32.6 Å². The Balaban J connectivity index is 1.86. The number of alkyl halides is 3. The summed E-state index contributed by atoms with van der Waals surface area (Å²) in [7, 11) is 0. The van der Waals surface area contributed by atoms with E-state index in [9.17, 15) is 13.2 Å². The molecule has 0 aromatic heterocycles. The zero-order valence-electron chi connectivity index (χ0n) is 10.5. The average Bonchev–Trinajstić information content (AvgIpc) is 2.55. The molecule has 0 spiro atoms. The Bertz CT molecular complexity index is 254. The van der Waals surface area contributed by atoms with Crippen LogP contribution >= 0.6 is 0 Å². The summed E-state index contributed by atoms with van der Waals surface area (Å²) in [5.41, 5.74) is 0. The highest BCUT2D eigenvalue weighted by molar-refractivity contribution is 4.80. The maximum Gasteiger partial charge on any atom is 0.394 e. The summed E-state index contributed by atoms with van der Waals surface area (Å²) >= 11 is 0. The first-order valence-corrected chi connectivity index (χ1v) is 6.63. The summed E-state index contributed by atoms with van der Waals surface area (Å²) in [5, 5.41) is 2.88. The van der Waals surface area contributed by atoms with Crippen LogP contribution in [-0.4, -0.2) is 57.0 Å². The van der Waals surface area contributed by atoms with Crippen molar-refractivity contribution in [2.24, 2.45) is 11.8 Å². The van der Waals surface area contributed by atoms with Gasteiger partial charge in [-0.2, -0.15) is 13.2 Å². The number of nitrogens with one attached hydrogen (secondary N) is 1. The molecule has 106 valence electrons. The van der Waals surface area contributed by atoms with E-state index in [2.05, 4.69) is 5.32 Å². The molecule has 3 nitrogen and oxygen atoms in total. The van der Waals surface area contributed by atoms with Gasteiger partial charge in [-0.3, -0.25) is 0 Å². The third kappa shape index (κ3) is 4.10. The normalized spacial score (nSPS) is 29.2. The van der Waals surface area contributed by atoms with Crippen molar-refractivity contribution in [2.45, 2.75) is 19.0 Å². The minimum atomic E-state index is -4.09. The van der Waals surface area contributed by atoms with Gasteiger partial charge in [0.1, 0.15) is 0 Å². The highest BCUT2D eigenvalue weighted by Gasteiger charge is 2.41. The lowest BCUT2D eigenvalue weighted by Gasteiger charge is -2.30. The largest absolute Gasteiger partial charge is 0.394 e. The molecule has 2 saturated heterocycles. The lowest BCUT2D eigenvalue weighted by atomic mass is 9.99. The maximum atomic E-state index is 12.8. The van der Waals surface area contributed by atoms with Crippen LogP contribution in [-0.2, 0) is 4.74 Å². The first-order valence-electron chi connectivity index (χ1n) is 6.63. The number of halogens is 3. The van der Waals surface area contributed by atoms with Crippen LogP contribution in [0.5, 0.6) is 0 Å². The fourth-order valence-corrected chi connectivity index (χ4v) is 2.66. The summed E-state index contributed by atoms with van der Waals surface area (Å²) in [5.74, 6) is -0.745. The zero-order chi connectivity index (χ0) is 13.0. The first-order chi connectivity index (χ1) is 8.55. The molecule has 0 aromatic carbocycles. The fourth-order valence-electron chi connectivity index (χ4n) is 2.66. The van der Waals surface area contributed by atoms with Crippen LogP contribution in [0, 0.1) is 11.8 Å². The van der Waals surface area contributed by atoms with Gasteiger partial charge in [0.05, 0.1) is 5.92 Å². The minimum absolute atomic E-state index is 0.0494. The molecule has 2 rings (SSSR count). The van der Waals surface area contributed by atoms with Crippen LogP contribution in [0.2, 0.25) is 0 Å². The van der Waals surface area contributed by atoms with Gasteiger partial charge in [-0.05, 0) is 18.8 Å². The zero-order valence-corrected chi connectivity index (χ0v) is 10.5. The van der Waals surface area contributed by atoms with Gasteiger partial charge in [-0.1, -0.05) is 0 Å².